The van der Waals surface area contributed by atoms with Crippen LogP contribution in [0.25, 0.3) is 0 Å². The first-order valence-corrected chi connectivity index (χ1v) is 5.84. The molecule has 0 saturated heterocycles. The minimum Gasteiger partial charge on any atom is -0.333 e. The van der Waals surface area contributed by atoms with E-state index in [1.54, 1.807) is 11.3 Å². The fraction of sp³-hybridized carbons (Fsp3) is 0.400. The Morgan fingerprint density at radius 1 is 1.60 bits per heavy atom. The summed E-state index contributed by atoms with van der Waals surface area (Å²) in [6.07, 6.45) is 4.58. The molecule has 0 aliphatic rings. The van der Waals surface area contributed by atoms with Crippen LogP contribution in [-0.4, -0.2) is 14.5 Å². The summed E-state index contributed by atoms with van der Waals surface area (Å²) in [7, 11) is 0. The zero-order valence-corrected chi connectivity index (χ0v) is 9.44. The second kappa shape index (κ2) is 4.55. The van der Waals surface area contributed by atoms with E-state index in [2.05, 4.69) is 19.9 Å². The molecular formula is C10H14N4S. The topological polar surface area (TPSA) is 56.7 Å². The Balaban J connectivity index is 2.02. The third kappa shape index (κ3) is 2.43. The predicted octanol–water partition coefficient (Wildman–Crippen LogP) is 1.60. The highest BCUT2D eigenvalue weighted by Gasteiger charge is 2.06. The molecule has 2 rings (SSSR count). The number of thiazole rings is 1. The van der Waals surface area contributed by atoms with Crippen molar-refractivity contribution < 1.29 is 0 Å². The van der Waals surface area contributed by atoms with E-state index in [0.717, 1.165) is 24.4 Å². The summed E-state index contributed by atoms with van der Waals surface area (Å²) >= 11 is 1.63. The number of hydrogen-bond donors (Lipinski definition) is 1. The molecule has 1 unspecified atom stereocenters. The van der Waals surface area contributed by atoms with Crippen LogP contribution in [0, 0.1) is 0 Å². The van der Waals surface area contributed by atoms with Crippen LogP contribution < -0.4 is 5.73 Å². The summed E-state index contributed by atoms with van der Waals surface area (Å²) in [6, 6.07) is 0.0305. The van der Waals surface area contributed by atoms with Crippen LogP contribution in [0.5, 0.6) is 0 Å². The average molecular weight is 222 g/mol. The molecule has 2 N–H and O–H groups in total. The second-order valence-corrected chi connectivity index (χ2v) is 4.25. The highest BCUT2D eigenvalue weighted by Crippen LogP contribution is 2.10. The summed E-state index contributed by atoms with van der Waals surface area (Å²) in [4.78, 5) is 8.35. The van der Waals surface area contributed by atoms with Crippen molar-refractivity contribution in [1.29, 1.82) is 0 Å². The molecule has 0 aliphatic carbocycles. The van der Waals surface area contributed by atoms with Crippen LogP contribution in [0.2, 0.25) is 0 Å². The maximum atomic E-state index is 5.83. The lowest BCUT2D eigenvalue weighted by Gasteiger charge is -2.09. The first-order chi connectivity index (χ1) is 7.27. The largest absolute Gasteiger partial charge is 0.333 e. The minimum absolute atomic E-state index is 0.0305. The summed E-state index contributed by atoms with van der Waals surface area (Å²) in [5.41, 5.74) is 9.89. The Morgan fingerprint density at radius 2 is 2.47 bits per heavy atom. The van der Waals surface area contributed by atoms with Gasteiger partial charge in [-0.2, -0.15) is 0 Å². The quantitative estimate of drug-likeness (QED) is 0.855. The molecule has 4 nitrogen and oxygen atoms in total. The zero-order chi connectivity index (χ0) is 10.7. The molecule has 0 amide bonds. The molecule has 0 bridgehead atoms. The van der Waals surface area contributed by atoms with Gasteiger partial charge < -0.3 is 10.3 Å². The van der Waals surface area contributed by atoms with Crippen LogP contribution >= 0.6 is 11.3 Å². The van der Waals surface area contributed by atoms with Gasteiger partial charge in [-0.15, -0.1) is 11.3 Å². The van der Waals surface area contributed by atoms with Gasteiger partial charge in [-0.05, 0) is 6.92 Å². The molecule has 80 valence electrons. The van der Waals surface area contributed by atoms with Crippen LogP contribution in [-0.2, 0) is 13.0 Å². The lowest BCUT2D eigenvalue weighted by atomic mass is 10.2. The summed E-state index contributed by atoms with van der Waals surface area (Å²) in [5.74, 6) is 0. The lowest BCUT2D eigenvalue weighted by molar-refractivity contribution is 0.619. The van der Waals surface area contributed by atoms with E-state index in [4.69, 9.17) is 5.73 Å². The number of rotatable bonds is 4. The number of nitrogens with two attached hydrogens (primary N) is 1. The smallest absolute Gasteiger partial charge is 0.0948 e. The van der Waals surface area contributed by atoms with Gasteiger partial charge in [0, 0.05) is 30.6 Å². The van der Waals surface area contributed by atoms with Gasteiger partial charge in [-0.3, -0.25) is 0 Å². The maximum Gasteiger partial charge on any atom is 0.0948 e. The van der Waals surface area contributed by atoms with Crippen LogP contribution in [0.15, 0.2) is 23.4 Å². The highest BCUT2D eigenvalue weighted by molar-refractivity contribution is 7.07. The molecule has 0 fully saturated rings. The van der Waals surface area contributed by atoms with Crippen molar-refractivity contribution in [3.8, 4) is 0 Å². The van der Waals surface area contributed by atoms with Crippen molar-refractivity contribution in [1.82, 2.24) is 14.5 Å². The van der Waals surface area contributed by atoms with Crippen LogP contribution in [0.1, 0.15) is 24.4 Å². The van der Waals surface area contributed by atoms with E-state index in [9.17, 15) is 0 Å². The molecule has 2 heterocycles. The van der Waals surface area contributed by atoms with Crippen molar-refractivity contribution in [3.05, 3.63) is 34.8 Å². The lowest BCUT2D eigenvalue weighted by Crippen LogP contribution is -2.12. The number of imidazole rings is 1. The molecule has 1 atom stereocenters. The first kappa shape index (κ1) is 10.3. The molecule has 15 heavy (non-hydrogen) atoms. The summed E-state index contributed by atoms with van der Waals surface area (Å²) in [5, 5.41) is 2.07. The molecule has 2 aromatic rings. The Morgan fingerprint density at radius 3 is 3.13 bits per heavy atom. The van der Waals surface area contributed by atoms with E-state index in [1.807, 2.05) is 25.0 Å². The number of hydrogen-bond acceptors (Lipinski definition) is 4. The van der Waals surface area contributed by atoms with Gasteiger partial charge in [-0.1, -0.05) is 0 Å². The van der Waals surface area contributed by atoms with E-state index in [0.29, 0.717) is 0 Å². The Bertz CT molecular complexity index is 405. The molecule has 5 heteroatoms. The SMILES string of the molecule is CC(N)c1cncn1CCc1cscn1. The van der Waals surface area contributed by atoms with Gasteiger partial charge in [0.1, 0.15) is 0 Å². The van der Waals surface area contributed by atoms with E-state index in [-0.39, 0.29) is 6.04 Å². The van der Waals surface area contributed by atoms with E-state index >= 15 is 0 Å². The molecule has 0 saturated carbocycles. The minimum atomic E-state index is 0.0305. The standard InChI is InChI=1S/C10H14N4S/c1-8(11)10-4-12-6-14(10)3-2-9-5-15-7-13-9/h4-8H,2-3,11H2,1H3. The predicted molar refractivity (Wildman–Crippen MR) is 60.6 cm³/mol. The van der Waals surface area contributed by atoms with Gasteiger partial charge in [0.25, 0.3) is 0 Å². The third-order valence-corrected chi connectivity index (χ3v) is 2.94. The van der Waals surface area contributed by atoms with E-state index in [1.165, 1.54) is 0 Å². The van der Waals surface area contributed by atoms with Crippen molar-refractivity contribution in [2.45, 2.75) is 25.9 Å². The monoisotopic (exact) mass is 222 g/mol. The normalized spacial score (nSPS) is 12.9. The van der Waals surface area contributed by atoms with Crippen molar-refractivity contribution in [2.24, 2.45) is 5.73 Å². The first-order valence-electron chi connectivity index (χ1n) is 4.90. The second-order valence-electron chi connectivity index (χ2n) is 3.53. The number of aryl methyl sites for hydroxylation is 2. The Labute approximate surface area is 92.8 Å². The maximum absolute atomic E-state index is 5.83. The molecule has 0 radical (unpaired) electrons. The fourth-order valence-electron chi connectivity index (χ4n) is 1.49. The fourth-order valence-corrected chi connectivity index (χ4v) is 2.09. The van der Waals surface area contributed by atoms with Crippen molar-refractivity contribution >= 4 is 11.3 Å². The Kier molecular flexibility index (Phi) is 3.13. The van der Waals surface area contributed by atoms with Gasteiger partial charge in [0.05, 0.1) is 23.2 Å². The molecule has 2 aromatic heterocycles. The van der Waals surface area contributed by atoms with Crippen LogP contribution in [0.3, 0.4) is 0 Å². The van der Waals surface area contributed by atoms with Gasteiger partial charge >= 0.3 is 0 Å². The van der Waals surface area contributed by atoms with Crippen molar-refractivity contribution in [3.63, 3.8) is 0 Å². The molecule has 0 aliphatic heterocycles. The summed E-state index contributed by atoms with van der Waals surface area (Å²) in [6.45, 7) is 2.86. The van der Waals surface area contributed by atoms with Gasteiger partial charge in [0.15, 0.2) is 0 Å². The highest BCUT2D eigenvalue weighted by atomic mass is 32.1. The number of aromatic nitrogens is 3. The molecular weight excluding hydrogens is 208 g/mol. The number of nitrogens with zero attached hydrogens (tertiary/aromatic N) is 3. The van der Waals surface area contributed by atoms with Crippen molar-refractivity contribution in [2.75, 3.05) is 0 Å². The van der Waals surface area contributed by atoms with Gasteiger partial charge in [-0.25, -0.2) is 9.97 Å². The Hall–Kier alpha value is -1.20. The average Bonchev–Trinajstić information content (AvgIpc) is 2.86. The summed E-state index contributed by atoms with van der Waals surface area (Å²) < 4.78 is 2.09. The third-order valence-electron chi connectivity index (χ3n) is 2.30. The molecule has 0 spiro atoms. The zero-order valence-electron chi connectivity index (χ0n) is 8.63. The molecule has 0 aromatic carbocycles. The van der Waals surface area contributed by atoms with Crippen LogP contribution in [0.4, 0.5) is 0 Å². The van der Waals surface area contributed by atoms with E-state index < -0.39 is 0 Å². The van der Waals surface area contributed by atoms with Gasteiger partial charge in [0.2, 0.25) is 0 Å².